The molecule has 0 bridgehead atoms. The summed E-state index contributed by atoms with van der Waals surface area (Å²) in [6.45, 7) is 2.22. The van der Waals surface area contributed by atoms with E-state index in [2.05, 4.69) is 25.9 Å². The molecule has 5 nitrogen and oxygen atoms in total. The minimum atomic E-state index is 0. The maximum absolute atomic E-state index is 3.90. The van der Waals surface area contributed by atoms with Gasteiger partial charge in [0.05, 0.1) is 0 Å². The number of H-pyrrole nitrogens is 1. The van der Waals surface area contributed by atoms with Crippen molar-refractivity contribution in [2.75, 3.05) is 13.1 Å². The maximum atomic E-state index is 3.90. The Balaban J connectivity index is 0.000000720. The number of aromatic amines is 1. The molecule has 0 radical (unpaired) electrons. The predicted molar refractivity (Wildman–Crippen MR) is 46.1 cm³/mol. The first kappa shape index (κ1) is 9.41. The molecule has 1 saturated heterocycles. The van der Waals surface area contributed by atoms with Crippen LogP contribution in [-0.4, -0.2) is 33.7 Å². The van der Waals surface area contributed by atoms with E-state index in [-0.39, 0.29) is 12.4 Å². The molecule has 1 atom stereocenters. The highest BCUT2D eigenvalue weighted by atomic mass is 35.5. The molecule has 1 fully saturated rings. The Morgan fingerprint density at radius 3 is 3.00 bits per heavy atom. The van der Waals surface area contributed by atoms with Crippen molar-refractivity contribution in [2.45, 2.75) is 12.8 Å². The number of tetrazole rings is 1. The van der Waals surface area contributed by atoms with Crippen molar-refractivity contribution in [1.82, 2.24) is 25.9 Å². The second-order valence-electron chi connectivity index (χ2n) is 2.89. The fourth-order valence-corrected chi connectivity index (χ4v) is 1.42. The predicted octanol–water partition coefficient (Wildman–Crippen LogP) is -0.226. The number of nitrogens with zero attached hydrogens (tertiary/aromatic N) is 3. The van der Waals surface area contributed by atoms with Crippen LogP contribution < -0.4 is 5.32 Å². The van der Waals surface area contributed by atoms with Crippen LogP contribution in [0.4, 0.5) is 0 Å². The van der Waals surface area contributed by atoms with Gasteiger partial charge in [-0.15, -0.1) is 22.6 Å². The summed E-state index contributed by atoms with van der Waals surface area (Å²) in [4.78, 5) is 0. The Hall–Kier alpha value is -0.680. The first-order chi connectivity index (χ1) is 5.45. The van der Waals surface area contributed by atoms with E-state index < -0.39 is 0 Å². The highest BCUT2D eigenvalue weighted by Crippen LogP contribution is 2.10. The van der Waals surface area contributed by atoms with Crippen LogP contribution in [0.3, 0.4) is 0 Å². The molecule has 0 aromatic carbocycles. The largest absolute Gasteiger partial charge is 0.316 e. The van der Waals surface area contributed by atoms with Gasteiger partial charge in [-0.2, -0.15) is 5.21 Å². The summed E-state index contributed by atoms with van der Waals surface area (Å²) in [7, 11) is 0. The van der Waals surface area contributed by atoms with Crippen LogP contribution in [0.2, 0.25) is 0 Å². The van der Waals surface area contributed by atoms with Gasteiger partial charge in [0.15, 0.2) is 5.82 Å². The smallest absolute Gasteiger partial charge is 0.174 e. The number of hydrogen-bond acceptors (Lipinski definition) is 4. The molecule has 1 unspecified atom stereocenters. The van der Waals surface area contributed by atoms with Crippen LogP contribution in [0, 0.1) is 5.92 Å². The molecular formula is C6H12ClN5. The summed E-state index contributed by atoms with van der Waals surface area (Å²) in [5.41, 5.74) is 0. The Labute approximate surface area is 76.7 Å². The van der Waals surface area contributed by atoms with E-state index in [0.717, 1.165) is 25.3 Å². The molecule has 12 heavy (non-hydrogen) atoms. The molecule has 2 rings (SSSR count). The summed E-state index contributed by atoms with van der Waals surface area (Å²) < 4.78 is 0. The molecule has 0 saturated carbocycles. The summed E-state index contributed by atoms with van der Waals surface area (Å²) in [5, 5.41) is 17.1. The number of halogens is 1. The highest BCUT2D eigenvalue weighted by Gasteiger charge is 2.16. The Bertz CT molecular complexity index is 206. The highest BCUT2D eigenvalue weighted by molar-refractivity contribution is 5.85. The third-order valence-electron chi connectivity index (χ3n) is 2.02. The summed E-state index contributed by atoms with van der Waals surface area (Å²) in [5.74, 6) is 1.53. The molecular weight excluding hydrogens is 178 g/mol. The average Bonchev–Trinajstić information content (AvgIpc) is 2.60. The molecule has 1 aromatic heterocycles. The van der Waals surface area contributed by atoms with Gasteiger partial charge >= 0.3 is 0 Å². The van der Waals surface area contributed by atoms with E-state index >= 15 is 0 Å². The SMILES string of the molecule is C1CC(Cc2nn[nH]n2)CN1.Cl. The van der Waals surface area contributed by atoms with Crippen molar-refractivity contribution in [2.24, 2.45) is 5.92 Å². The van der Waals surface area contributed by atoms with Gasteiger partial charge in [-0.1, -0.05) is 5.21 Å². The van der Waals surface area contributed by atoms with Crippen molar-refractivity contribution in [3.05, 3.63) is 5.82 Å². The van der Waals surface area contributed by atoms with E-state index in [9.17, 15) is 0 Å². The fourth-order valence-electron chi connectivity index (χ4n) is 1.42. The molecule has 1 aromatic rings. The topological polar surface area (TPSA) is 66.5 Å². The molecule has 0 amide bonds. The fraction of sp³-hybridized carbons (Fsp3) is 0.833. The van der Waals surface area contributed by atoms with Crippen molar-refractivity contribution in [1.29, 1.82) is 0 Å². The Kier molecular flexibility index (Phi) is 3.43. The number of hydrogen-bond donors (Lipinski definition) is 2. The first-order valence-corrected chi connectivity index (χ1v) is 3.88. The first-order valence-electron chi connectivity index (χ1n) is 3.88. The van der Waals surface area contributed by atoms with Gasteiger partial charge in [0.1, 0.15) is 0 Å². The average molecular weight is 190 g/mol. The van der Waals surface area contributed by atoms with Gasteiger partial charge in [0, 0.05) is 6.42 Å². The zero-order valence-corrected chi connectivity index (χ0v) is 7.47. The summed E-state index contributed by atoms with van der Waals surface area (Å²) in [6.07, 6.45) is 2.18. The third-order valence-corrected chi connectivity index (χ3v) is 2.02. The lowest BCUT2D eigenvalue weighted by atomic mass is 10.1. The van der Waals surface area contributed by atoms with Crippen LogP contribution in [-0.2, 0) is 6.42 Å². The Morgan fingerprint density at radius 1 is 1.50 bits per heavy atom. The van der Waals surface area contributed by atoms with Crippen molar-refractivity contribution < 1.29 is 0 Å². The van der Waals surface area contributed by atoms with Crippen molar-refractivity contribution in [3.8, 4) is 0 Å². The molecule has 68 valence electrons. The standard InChI is InChI=1S/C6H11N5.ClH/c1-2-7-4-5(1)3-6-8-10-11-9-6;/h5,7H,1-4H2,(H,8,9,10,11);1H. The van der Waals surface area contributed by atoms with Crippen LogP contribution in [0.25, 0.3) is 0 Å². The lowest BCUT2D eigenvalue weighted by Gasteiger charge is -2.01. The second-order valence-corrected chi connectivity index (χ2v) is 2.89. The van der Waals surface area contributed by atoms with E-state index in [0.29, 0.717) is 5.92 Å². The molecule has 0 spiro atoms. The minimum Gasteiger partial charge on any atom is -0.316 e. The minimum absolute atomic E-state index is 0. The lowest BCUT2D eigenvalue weighted by Crippen LogP contribution is -2.11. The zero-order chi connectivity index (χ0) is 7.52. The van der Waals surface area contributed by atoms with Gasteiger partial charge < -0.3 is 5.32 Å². The third kappa shape index (κ3) is 2.15. The van der Waals surface area contributed by atoms with Crippen molar-refractivity contribution >= 4 is 12.4 Å². The van der Waals surface area contributed by atoms with Crippen LogP contribution in [0.1, 0.15) is 12.2 Å². The molecule has 0 aliphatic carbocycles. The number of aromatic nitrogens is 4. The summed E-state index contributed by atoms with van der Waals surface area (Å²) in [6, 6.07) is 0. The maximum Gasteiger partial charge on any atom is 0.174 e. The van der Waals surface area contributed by atoms with Gasteiger partial charge in [-0.05, 0) is 25.4 Å². The van der Waals surface area contributed by atoms with Crippen LogP contribution >= 0.6 is 12.4 Å². The number of nitrogens with one attached hydrogen (secondary N) is 2. The molecule has 1 aliphatic rings. The van der Waals surface area contributed by atoms with Gasteiger partial charge in [0.2, 0.25) is 0 Å². The van der Waals surface area contributed by atoms with E-state index in [4.69, 9.17) is 0 Å². The van der Waals surface area contributed by atoms with E-state index in [1.165, 1.54) is 6.42 Å². The van der Waals surface area contributed by atoms with E-state index in [1.54, 1.807) is 0 Å². The second kappa shape index (κ2) is 4.37. The molecule has 6 heteroatoms. The van der Waals surface area contributed by atoms with Crippen LogP contribution in [0.5, 0.6) is 0 Å². The van der Waals surface area contributed by atoms with Gasteiger partial charge in [-0.3, -0.25) is 0 Å². The molecule has 2 N–H and O–H groups in total. The van der Waals surface area contributed by atoms with Crippen LogP contribution in [0.15, 0.2) is 0 Å². The number of rotatable bonds is 2. The Morgan fingerprint density at radius 2 is 2.42 bits per heavy atom. The quantitative estimate of drug-likeness (QED) is 0.675. The lowest BCUT2D eigenvalue weighted by molar-refractivity contribution is 0.562. The van der Waals surface area contributed by atoms with Gasteiger partial charge in [0.25, 0.3) is 0 Å². The van der Waals surface area contributed by atoms with E-state index in [1.807, 2.05) is 0 Å². The monoisotopic (exact) mass is 189 g/mol. The summed E-state index contributed by atoms with van der Waals surface area (Å²) >= 11 is 0. The molecule has 1 aliphatic heterocycles. The van der Waals surface area contributed by atoms with Gasteiger partial charge in [-0.25, -0.2) is 0 Å². The van der Waals surface area contributed by atoms with Crippen molar-refractivity contribution in [3.63, 3.8) is 0 Å². The zero-order valence-electron chi connectivity index (χ0n) is 6.66. The molecule has 2 heterocycles. The normalized spacial score (nSPS) is 22.2.